The molecule has 0 spiro atoms. The van der Waals surface area contributed by atoms with E-state index in [9.17, 15) is 9.90 Å². The van der Waals surface area contributed by atoms with Gasteiger partial charge in [0.2, 0.25) is 0 Å². The molecular formula is C15H21NO3. The number of amides is 1. The molecule has 2 rings (SSSR count). The number of nitrogens with one attached hydrogen (secondary N) is 1. The lowest BCUT2D eigenvalue weighted by Crippen LogP contribution is -2.49. The average molecular weight is 263 g/mol. The molecule has 0 heterocycles. The zero-order chi connectivity index (χ0) is 13.7. The third kappa shape index (κ3) is 3.96. The van der Waals surface area contributed by atoms with Gasteiger partial charge >= 0.3 is 0 Å². The van der Waals surface area contributed by atoms with Crippen LogP contribution < -0.4 is 10.1 Å². The quantitative estimate of drug-likeness (QED) is 0.872. The van der Waals surface area contributed by atoms with E-state index in [-0.39, 0.29) is 11.9 Å². The molecule has 4 heteroatoms. The van der Waals surface area contributed by atoms with Gasteiger partial charge in [0.15, 0.2) is 6.10 Å². The van der Waals surface area contributed by atoms with Gasteiger partial charge in [-0.05, 0) is 31.9 Å². The van der Waals surface area contributed by atoms with Crippen LogP contribution in [0.15, 0.2) is 30.3 Å². The van der Waals surface area contributed by atoms with Gasteiger partial charge in [-0.25, -0.2) is 0 Å². The largest absolute Gasteiger partial charge is 0.481 e. The van der Waals surface area contributed by atoms with Crippen LogP contribution in [0.1, 0.15) is 32.6 Å². The lowest BCUT2D eigenvalue weighted by atomic mass is 9.92. The Balaban J connectivity index is 1.85. The number of carbonyl (C=O) groups is 1. The van der Waals surface area contributed by atoms with Gasteiger partial charge in [-0.15, -0.1) is 0 Å². The molecule has 1 aliphatic carbocycles. The Morgan fingerprint density at radius 2 is 2.00 bits per heavy atom. The summed E-state index contributed by atoms with van der Waals surface area (Å²) in [5, 5.41) is 12.7. The molecular weight excluding hydrogens is 242 g/mol. The molecule has 0 aliphatic heterocycles. The van der Waals surface area contributed by atoms with Crippen molar-refractivity contribution in [3.8, 4) is 5.75 Å². The highest BCUT2D eigenvalue weighted by molar-refractivity contribution is 5.81. The van der Waals surface area contributed by atoms with Crippen LogP contribution in [0.5, 0.6) is 5.75 Å². The molecule has 0 radical (unpaired) electrons. The second kappa shape index (κ2) is 6.57. The number of hydrogen-bond donors (Lipinski definition) is 2. The van der Waals surface area contributed by atoms with Crippen LogP contribution in [0.25, 0.3) is 0 Å². The Hall–Kier alpha value is -1.55. The number of hydrogen-bond acceptors (Lipinski definition) is 3. The van der Waals surface area contributed by atoms with Crippen molar-refractivity contribution >= 4 is 5.91 Å². The minimum atomic E-state index is -0.559. The highest BCUT2D eigenvalue weighted by Crippen LogP contribution is 2.18. The fourth-order valence-electron chi connectivity index (χ4n) is 2.34. The van der Waals surface area contributed by atoms with Crippen molar-refractivity contribution in [2.45, 2.75) is 50.9 Å². The van der Waals surface area contributed by atoms with E-state index in [4.69, 9.17) is 4.74 Å². The second-order valence-electron chi connectivity index (χ2n) is 5.04. The number of aliphatic hydroxyl groups excluding tert-OH is 1. The average Bonchev–Trinajstić information content (AvgIpc) is 2.42. The Morgan fingerprint density at radius 1 is 1.32 bits per heavy atom. The lowest BCUT2D eigenvalue weighted by molar-refractivity contribution is -0.129. The van der Waals surface area contributed by atoms with Crippen molar-refractivity contribution in [3.63, 3.8) is 0 Å². The molecule has 4 nitrogen and oxygen atoms in total. The molecule has 1 amide bonds. The lowest BCUT2D eigenvalue weighted by Gasteiger charge is -2.29. The Labute approximate surface area is 113 Å². The van der Waals surface area contributed by atoms with Crippen LogP contribution in [0.4, 0.5) is 0 Å². The number of aliphatic hydroxyl groups is 1. The molecule has 19 heavy (non-hydrogen) atoms. The van der Waals surface area contributed by atoms with Crippen molar-refractivity contribution in [1.29, 1.82) is 0 Å². The predicted octanol–water partition coefficient (Wildman–Crippen LogP) is 1.87. The van der Waals surface area contributed by atoms with Crippen molar-refractivity contribution < 1.29 is 14.6 Å². The number of ether oxygens (including phenoxy) is 1. The van der Waals surface area contributed by atoms with Crippen LogP contribution in [-0.4, -0.2) is 29.3 Å². The van der Waals surface area contributed by atoms with Gasteiger partial charge in [0, 0.05) is 0 Å². The predicted molar refractivity (Wildman–Crippen MR) is 72.9 cm³/mol. The molecule has 3 unspecified atom stereocenters. The highest BCUT2D eigenvalue weighted by atomic mass is 16.5. The van der Waals surface area contributed by atoms with Crippen LogP contribution in [0, 0.1) is 0 Å². The number of para-hydroxylation sites is 1. The van der Waals surface area contributed by atoms with E-state index in [0.29, 0.717) is 5.75 Å². The molecule has 0 bridgehead atoms. The molecule has 0 aromatic heterocycles. The molecule has 1 aromatic carbocycles. The number of carbonyl (C=O) groups excluding carboxylic acids is 1. The fourth-order valence-corrected chi connectivity index (χ4v) is 2.34. The molecule has 0 saturated heterocycles. The SMILES string of the molecule is CC(Oc1ccccc1)C(=O)NC1CCCCC1O. The molecule has 2 N–H and O–H groups in total. The van der Waals surface area contributed by atoms with Crippen LogP contribution in [0.3, 0.4) is 0 Å². The van der Waals surface area contributed by atoms with Crippen molar-refractivity contribution in [2.24, 2.45) is 0 Å². The first-order valence-electron chi connectivity index (χ1n) is 6.87. The first-order chi connectivity index (χ1) is 9.16. The Morgan fingerprint density at radius 3 is 2.68 bits per heavy atom. The second-order valence-corrected chi connectivity index (χ2v) is 5.04. The summed E-state index contributed by atoms with van der Waals surface area (Å²) < 4.78 is 5.56. The van der Waals surface area contributed by atoms with Crippen molar-refractivity contribution in [3.05, 3.63) is 30.3 Å². The summed E-state index contributed by atoms with van der Waals surface area (Å²) in [6.07, 6.45) is 2.70. The van der Waals surface area contributed by atoms with Crippen molar-refractivity contribution in [2.75, 3.05) is 0 Å². The zero-order valence-electron chi connectivity index (χ0n) is 11.2. The smallest absolute Gasteiger partial charge is 0.261 e. The summed E-state index contributed by atoms with van der Waals surface area (Å²) in [7, 11) is 0. The summed E-state index contributed by atoms with van der Waals surface area (Å²) in [4.78, 5) is 12.0. The first kappa shape index (κ1) is 13.9. The minimum Gasteiger partial charge on any atom is -0.481 e. The van der Waals surface area contributed by atoms with E-state index in [1.54, 1.807) is 6.92 Å². The van der Waals surface area contributed by atoms with E-state index >= 15 is 0 Å². The van der Waals surface area contributed by atoms with Crippen LogP contribution >= 0.6 is 0 Å². The molecule has 1 aromatic rings. The minimum absolute atomic E-state index is 0.136. The summed E-state index contributed by atoms with van der Waals surface area (Å²) in [5.41, 5.74) is 0. The van der Waals surface area contributed by atoms with Gasteiger partial charge in [-0.2, -0.15) is 0 Å². The standard InChI is InChI=1S/C15H21NO3/c1-11(19-12-7-3-2-4-8-12)15(18)16-13-9-5-6-10-14(13)17/h2-4,7-8,11,13-14,17H,5-6,9-10H2,1H3,(H,16,18). The van der Waals surface area contributed by atoms with Gasteiger partial charge in [-0.1, -0.05) is 31.0 Å². The molecule has 1 saturated carbocycles. The van der Waals surface area contributed by atoms with Crippen LogP contribution in [-0.2, 0) is 4.79 Å². The summed E-state index contributed by atoms with van der Waals surface area (Å²) >= 11 is 0. The molecule has 1 fully saturated rings. The normalized spacial score (nSPS) is 24.5. The van der Waals surface area contributed by atoms with Gasteiger partial charge < -0.3 is 15.2 Å². The topological polar surface area (TPSA) is 58.6 Å². The van der Waals surface area contributed by atoms with Gasteiger partial charge in [0.1, 0.15) is 5.75 Å². The van der Waals surface area contributed by atoms with Gasteiger partial charge in [0.25, 0.3) is 5.91 Å². The summed E-state index contributed by atoms with van der Waals surface area (Å²) in [5.74, 6) is 0.504. The Kier molecular flexibility index (Phi) is 4.80. The third-order valence-electron chi connectivity index (χ3n) is 3.48. The van der Waals surface area contributed by atoms with E-state index in [0.717, 1.165) is 25.7 Å². The monoisotopic (exact) mass is 263 g/mol. The maximum Gasteiger partial charge on any atom is 0.261 e. The maximum atomic E-state index is 12.0. The number of benzene rings is 1. The molecule has 104 valence electrons. The summed E-state index contributed by atoms with van der Waals surface area (Å²) in [6, 6.07) is 9.13. The maximum absolute atomic E-state index is 12.0. The zero-order valence-corrected chi connectivity index (χ0v) is 11.2. The molecule has 1 aliphatic rings. The molecule has 3 atom stereocenters. The third-order valence-corrected chi connectivity index (χ3v) is 3.48. The van der Waals surface area contributed by atoms with E-state index in [2.05, 4.69) is 5.32 Å². The fraction of sp³-hybridized carbons (Fsp3) is 0.533. The Bertz CT molecular complexity index is 407. The van der Waals surface area contributed by atoms with E-state index in [1.807, 2.05) is 30.3 Å². The van der Waals surface area contributed by atoms with E-state index in [1.165, 1.54) is 0 Å². The first-order valence-corrected chi connectivity index (χ1v) is 6.87. The van der Waals surface area contributed by atoms with Crippen LogP contribution in [0.2, 0.25) is 0 Å². The van der Waals surface area contributed by atoms with Gasteiger partial charge in [-0.3, -0.25) is 4.79 Å². The van der Waals surface area contributed by atoms with Crippen molar-refractivity contribution in [1.82, 2.24) is 5.32 Å². The number of rotatable bonds is 4. The van der Waals surface area contributed by atoms with E-state index < -0.39 is 12.2 Å². The highest BCUT2D eigenvalue weighted by Gasteiger charge is 2.26. The summed E-state index contributed by atoms with van der Waals surface area (Å²) in [6.45, 7) is 1.72. The van der Waals surface area contributed by atoms with Gasteiger partial charge in [0.05, 0.1) is 12.1 Å².